The highest BCUT2D eigenvalue weighted by Crippen LogP contribution is 2.32. The summed E-state index contributed by atoms with van der Waals surface area (Å²) in [4.78, 5) is 28.0. The minimum absolute atomic E-state index is 0.136. The first-order valence-electron chi connectivity index (χ1n) is 9.70. The molecule has 1 aliphatic rings. The third-order valence-electron chi connectivity index (χ3n) is 5.11. The van der Waals surface area contributed by atoms with Gasteiger partial charge in [0.25, 0.3) is 5.91 Å². The van der Waals surface area contributed by atoms with Gasteiger partial charge in [-0.25, -0.2) is 4.39 Å². The lowest BCUT2D eigenvalue weighted by Crippen LogP contribution is -2.30. The van der Waals surface area contributed by atoms with Crippen molar-refractivity contribution in [3.05, 3.63) is 52.4 Å². The monoisotopic (exact) mass is 441 g/mol. The van der Waals surface area contributed by atoms with Gasteiger partial charge in [0, 0.05) is 30.6 Å². The van der Waals surface area contributed by atoms with E-state index in [-0.39, 0.29) is 29.8 Å². The van der Waals surface area contributed by atoms with Crippen LogP contribution in [0.1, 0.15) is 55.2 Å². The summed E-state index contributed by atoms with van der Waals surface area (Å²) in [5.74, 6) is -3.12. The Bertz CT molecular complexity index is 1090. The Balaban J connectivity index is 2.09. The smallest absolute Gasteiger partial charge is 0.419 e. The molecule has 2 heterocycles. The first kappa shape index (κ1) is 22.8. The van der Waals surface area contributed by atoms with Crippen LogP contribution in [0.3, 0.4) is 0 Å². The standard InChI is InChI=1S/C21H23F4N3O3/c1-20(2,3)15-10-16(28(27(15)4)11-12-8-9-17(29)31-12)26-19(30)13-6-5-7-14(18(13)22)21(23,24)25/h5-7,10,12H,8-9,11H2,1-4H3/b26-16-/t12-/m0/s1. The van der Waals surface area contributed by atoms with E-state index < -0.39 is 35.1 Å². The molecule has 6 nitrogen and oxygen atoms in total. The van der Waals surface area contributed by atoms with E-state index in [1.165, 1.54) is 0 Å². The SMILES string of the molecule is Cn1c(C(C)(C)C)c/c(=N/C(=O)c2cccc(C(F)(F)F)c2F)n1C[C@@H]1CCC(=O)O1. The van der Waals surface area contributed by atoms with Gasteiger partial charge in [-0.1, -0.05) is 26.8 Å². The molecule has 0 spiro atoms. The lowest BCUT2D eigenvalue weighted by atomic mass is 9.92. The van der Waals surface area contributed by atoms with Gasteiger partial charge in [-0.15, -0.1) is 0 Å². The van der Waals surface area contributed by atoms with Gasteiger partial charge in [0.05, 0.1) is 17.7 Å². The first-order chi connectivity index (χ1) is 14.3. The molecular formula is C21H23F4N3O3. The van der Waals surface area contributed by atoms with E-state index in [0.717, 1.165) is 17.8 Å². The average molecular weight is 441 g/mol. The van der Waals surface area contributed by atoms with E-state index in [0.29, 0.717) is 12.5 Å². The molecule has 0 saturated carbocycles. The van der Waals surface area contributed by atoms with Crippen LogP contribution < -0.4 is 5.49 Å². The van der Waals surface area contributed by atoms with Gasteiger partial charge in [-0.05, 0) is 18.6 Å². The maximum atomic E-state index is 14.4. The zero-order chi connectivity index (χ0) is 23.1. The van der Waals surface area contributed by atoms with Gasteiger partial charge >= 0.3 is 12.1 Å². The predicted molar refractivity (Wildman–Crippen MR) is 103 cm³/mol. The number of rotatable bonds is 3. The van der Waals surface area contributed by atoms with E-state index in [1.54, 1.807) is 22.5 Å². The quantitative estimate of drug-likeness (QED) is 0.539. The molecule has 168 valence electrons. The Morgan fingerprint density at radius 3 is 2.48 bits per heavy atom. The fraction of sp³-hybridized carbons (Fsp3) is 0.476. The van der Waals surface area contributed by atoms with Crippen molar-refractivity contribution in [2.24, 2.45) is 12.0 Å². The zero-order valence-electron chi connectivity index (χ0n) is 17.6. The molecule has 1 aromatic heterocycles. The Morgan fingerprint density at radius 1 is 1.26 bits per heavy atom. The number of carbonyl (C=O) groups excluding carboxylic acids is 2. The van der Waals surface area contributed by atoms with Crippen molar-refractivity contribution in [2.45, 2.75) is 57.9 Å². The number of cyclic esters (lactones) is 1. The molecule has 1 fully saturated rings. The summed E-state index contributed by atoms with van der Waals surface area (Å²) in [6.45, 7) is 6.04. The molecule has 0 bridgehead atoms. The molecule has 2 aromatic rings. The topological polar surface area (TPSA) is 65.6 Å². The molecule has 31 heavy (non-hydrogen) atoms. The highest BCUT2D eigenvalue weighted by molar-refractivity contribution is 5.95. The summed E-state index contributed by atoms with van der Waals surface area (Å²) in [7, 11) is 1.74. The average Bonchev–Trinajstić information content (AvgIpc) is 3.18. The van der Waals surface area contributed by atoms with Crippen molar-refractivity contribution in [1.29, 1.82) is 0 Å². The number of amides is 1. The summed E-state index contributed by atoms with van der Waals surface area (Å²) in [5, 5.41) is 0. The van der Waals surface area contributed by atoms with Gasteiger partial charge in [0.1, 0.15) is 11.9 Å². The van der Waals surface area contributed by atoms with Crippen molar-refractivity contribution in [2.75, 3.05) is 0 Å². The predicted octanol–water partition coefficient (Wildman–Crippen LogP) is 3.73. The highest BCUT2D eigenvalue weighted by atomic mass is 19.4. The van der Waals surface area contributed by atoms with Gasteiger partial charge in [-0.2, -0.15) is 18.2 Å². The molecule has 1 aromatic carbocycles. The maximum absolute atomic E-state index is 14.4. The number of carbonyl (C=O) groups is 2. The minimum Gasteiger partial charge on any atom is -0.460 e. The molecule has 10 heteroatoms. The molecule has 0 aliphatic carbocycles. The van der Waals surface area contributed by atoms with E-state index in [9.17, 15) is 27.2 Å². The first-order valence-corrected chi connectivity index (χ1v) is 9.70. The van der Waals surface area contributed by atoms with Crippen LogP contribution in [0, 0.1) is 5.82 Å². The fourth-order valence-corrected chi connectivity index (χ4v) is 3.57. The molecule has 1 saturated heterocycles. The van der Waals surface area contributed by atoms with Crippen molar-refractivity contribution in [3.63, 3.8) is 0 Å². The lowest BCUT2D eigenvalue weighted by molar-refractivity contribution is -0.142. The Kier molecular flexibility index (Phi) is 5.86. The van der Waals surface area contributed by atoms with Crippen LogP contribution in [0.4, 0.5) is 17.6 Å². The van der Waals surface area contributed by atoms with E-state index in [2.05, 4.69) is 4.99 Å². The van der Waals surface area contributed by atoms with Crippen molar-refractivity contribution in [1.82, 2.24) is 9.36 Å². The number of aromatic nitrogens is 2. The second kappa shape index (κ2) is 7.97. The number of esters is 1. The van der Waals surface area contributed by atoms with Crippen LogP contribution >= 0.6 is 0 Å². The van der Waals surface area contributed by atoms with Crippen LogP contribution in [-0.2, 0) is 34.7 Å². The number of halogens is 4. The Hall–Kier alpha value is -2.91. The van der Waals surface area contributed by atoms with E-state index in [4.69, 9.17) is 4.74 Å². The molecule has 1 atom stereocenters. The maximum Gasteiger partial charge on any atom is 0.419 e. The number of ether oxygens (including phenoxy) is 1. The summed E-state index contributed by atoms with van der Waals surface area (Å²) in [6, 6.07) is 4.13. The van der Waals surface area contributed by atoms with Gasteiger partial charge < -0.3 is 4.74 Å². The Labute approximate surface area is 176 Å². The van der Waals surface area contributed by atoms with Gasteiger partial charge in [0.2, 0.25) is 0 Å². The fourth-order valence-electron chi connectivity index (χ4n) is 3.57. The zero-order valence-corrected chi connectivity index (χ0v) is 17.6. The van der Waals surface area contributed by atoms with Crippen LogP contribution in [0.5, 0.6) is 0 Å². The van der Waals surface area contributed by atoms with Crippen molar-refractivity contribution >= 4 is 11.9 Å². The molecule has 1 aliphatic heterocycles. The number of hydrogen-bond donors (Lipinski definition) is 0. The largest absolute Gasteiger partial charge is 0.460 e. The molecule has 1 amide bonds. The number of alkyl halides is 3. The van der Waals surface area contributed by atoms with Gasteiger partial charge in [-0.3, -0.25) is 19.0 Å². The molecule has 0 N–H and O–H groups in total. The Morgan fingerprint density at radius 2 is 1.94 bits per heavy atom. The summed E-state index contributed by atoms with van der Waals surface area (Å²) in [6.07, 6.45) is -4.58. The van der Waals surface area contributed by atoms with Gasteiger partial charge in [0.15, 0.2) is 5.49 Å². The molecule has 0 unspecified atom stereocenters. The normalized spacial score (nSPS) is 17.9. The second-order valence-corrected chi connectivity index (χ2v) is 8.48. The van der Waals surface area contributed by atoms with Crippen molar-refractivity contribution in [3.8, 4) is 0 Å². The summed E-state index contributed by atoms with van der Waals surface area (Å²) < 4.78 is 62.0. The minimum atomic E-state index is -4.93. The summed E-state index contributed by atoms with van der Waals surface area (Å²) >= 11 is 0. The second-order valence-electron chi connectivity index (χ2n) is 8.48. The highest BCUT2D eigenvalue weighted by Gasteiger charge is 2.36. The number of nitrogens with zero attached hydrogens (tertiary/aromatic N) is 3. The van der Waals surface area contributed by atoms with Crippen molar-refractivity contribution < 1.29 is 31.9 Å². The molecule has 0 radical (unpaired) electrons. The van der Waals surface area contributed by atoms with Crippen LogP contribution in [0.25, 0.3) is 0 Å². The van der Waals surface area contributed by atoms with Crippen LogP contribution in [0.2, 0.25) is 0 Å². The lowest BCUT2D eigenvalue weighted by Gasteiger charge is -2.21. The third kappa shape index (κ3) is 4.72. The van der Waals surface area contributed by atoms with E-state index in [1.807, 2.05) is 20.8 Å². The number of benzene rings is 1. The molecule has 3 rings (SSSR count). The molecular weight excluding hydrogens is 418 g/mol. The number of hydrogen-bond acceptors (Lipinski definition) is 3. The van der Waals surface area contributed by atoms with Crippen LogP contribution in [-0.4, -0.2) is 27.3 Å². The summed E-state index contributed by atoms with van der Waals surface area (Å²) in [5.41, 5.74) is -1.72. The third-order valence-corrected chi connectivity index (χ3v) is 5.11. The van der Waals surface area contributed by atoms with E-state index >= 15 is 0 Å². The van der Waals surface area contributed by atoms with Crippen LogP contribution in [0.15, 0.2) is 29.3 Å².